The van der Waals surface area contributed by atoms with Gasteiger partial charge in [-0.15, -0.1) is 0 Å². The normalized spacial score (nSPS) is 10.7. The van der Waals surface area contributed by atoms with Crippen LogP contribution in [0.1, 0.15) is 18.3 Å². The smallest absolute Gasteiger partial charge is 0.164 e. The van der Waals surface area contributed by atoms with Crippen molar-refractivity contribution in [3.63, 3.8) is 0 Å². The molecule has 0 atom stereocenters. The molecule has 2 aromatic rings. The molecule has 0 saturated heterocycles. The van der Waals surface area contributed by atoms with Crippen LogP contribution in [0.5, 0.6) is 5.75 Å². The molecule has 0 saturated carbocycles. The maximum Gasteiger partial charge on any atom is 0.164 e. The van der Waals surface area contributed by atoms with E-state index in [1.807, 2.05) is 19.2 Å². The van der Waals surface area contributed by atoms with Crippen LogP contribution in [-0.4, -0.2) is 21.9 Å². The fourth-order valence-electron chi connectivity index (χ4n) is 1.97. The fourth-order valence-corrected chi connectivity index (χ4v) is 1.97. The standard InChI is InChI=1S/C13H18N4O/c1-4-9-7-10(5-6-11(9)18-3)13-15-12(8-14)16-17(13)2/h5-7H,4,8,14H2,1-3H3. The maximum atomic E-state index is 5.55. The second-order valence-corrected chi connectivity index (χ2v) is 4.06. The summed E-state index contributed by atoms with van der Waals surface area (Å²) >= 11 is 0. The molecule has 18 heavy (non-hydrogen) atoms. The van der Waals surface area contributed by atoms with Crippen molar-refractivity contribution in [2.24, 2.45) is 12.8 Å². The van der Waals surface area contributed by atoms with Crippen LogP contribution in [0, 0.1) is 0 Å². The first-order valence-electron chi connectivity index (χ1n) is 5.96. The highest BCUT2D eigenvalue weighted by atomic mass is 16.5. The van der Waals surface area contributed by atoms with Crippen molar-refractivity contribution in [1.82, 2.24) is 14.8 Å². The Morgan fingerprint density at radius 1 is 1.39 bits per heavy atom. The van der Waals surface area contributed by atoms with E-state index in [1.54, 1.807) is 11.8 Å². The number of rotatable bonds is 4. The Kier molecular flexibility index (Phi) is 3.62. The number of ether oxygens (including phenoxy) is 1. The van der Waals surface area contributed by atoms with Crippen LogP contribution in [0.4, 0.5) is 0 Å². The number of aryl methyl sites for hydroxylation is 2. The van der Waals surface area contributed by atoms with Crippen LogP contribution in [0.2, 0.25) is 0 Å². The topological polar surface area (TPSA) is 66.0 Å². The molecule has 5 nitrogen and oxygen atoms in total. The lowest BCUT2D eigenvalue weighted by Gasteiger charge is -2.08. The first-order chi connectivity index (χ1) is 8.69. The van der Waals surface area contributed by atoms with E-state index in [2.05, 4.69) is 23.1 Å². The predicted octanol–water partition coefficient (Wildman–Crippen LogP) is 1.51. The first kappa shape index (κ1) is 12.6. The van der Waals surface area contributed by atoms with Gasteiger partial charge in [0.25, 0.3) is 0 Å². The second kappa shape index (κ2) is 5.18. The number of nitrogens with two attached hydrogens (primary N) is 1. The van der Waals surface area contributed by atoms with Crippen LogP contribution in [0.15, 0.2) is 18.2 Å². The predicted molar refractivity (Wildman–Crippen MR) is 70.3 cm³/mol. The van der Waals surface area contributed by atoms with E-state index in [-0.39, 0.29) is 0 Å². The van der Waals surface area contributed by atoms with Gasteiger partial charge in [-0.1, -0.05) is 6.92 Å². The lowest BCUT2D eigenvalue weighted by atomic mass is 10.1. The van der Waals surface area contributed by atoms with Crippen LogP contribution in [-0.2, 0) is 20.0 Å². The Labute approximate surface area is 107 Å². The molecule has 1 aromatic carbocycles. The van der Waals surface area contributed by atoms with Crippen LogP contribution in [0.3, 0.4) is 0 Å². The van der Waals surface area contributed by atoms with E-state index in [4.69, 9.17) is 10.5 Å². The van der Waals surface area contributed by atoms with Gasteiger partial charge in [0.1, 0.15) is 5.75 Å². The number of benzene rings is 1. The van der Waals surface area contributed by atoms with E-state index < -0.39 is 0 Å². The summed E-state index contributed by atoms with van der Waals surface area (Å²) in [6.45, 7) is 2.45. The van der Waals surface area contributed by atoms with E-state index in [0.29, 0.717) is 12.4 Å². The molecule has 0 radical (unpaired) electrons. The van der Waals surface area contributed by atoms with Crippen LogP contribution >= 0.6 is 0 Å². The molecule has 0 aliphatic heterocycles. The largest absolute Gasteiger partial charge is 0.496 e. The molecule has 96 valence electrons. The first-order valence-corrected chi connectivity index (χ1v) is 5.96. The van der Waals surface area contributed by atoms with Gasteiger partial charge < -0.3 is 10.5 Å². The fraction of sp³-hybridized carbons (Fsp3) is 0.385. The van der Waals surface area contributed by atoms with Crippen LogP contribution in [0.25, 0.3) is 11.4 Å². The van der Waals surface area contributed by atoms with Gasteiger partial charge in [-0.2, -0.15) is 5.10 Å². The Morgan fingerprint density at radius 3 is 2.72 bits per heavy atom. The van der Waals surface area contributed by atoms with Crippen molar-refractivity contribution in [1.29, 1.82) is 0 Å². The molecule has 1 heterocycles. The highest BCUT2D eigenvalue weighted by molar-refractivity contribution is 5.59. The number of methoxy groups -OCH3 is 1. The summed E-state index contributed by atoms with van der Waals surface area (Å²) in [5, 5.41) is 4.25. The van der Waals surface area contributed by atoms with E-state index in [9.17, 15) is 0 Å². The van der Waals surface area contributed by atoms with E-state index in [1.165, 1.54) is 0 Å². The molecule has 2 rings (SSSR count). The van der Waals surface area contributed by atoms with Crippen molar-refractivity contribution in [2.45, 2.75) is 19.9 Å². The SMILES string of the molecule is CCc1cc(-c2nc(CN)nn2C)ccc1OC. The third kappa shape index (κ3) is 2.22. The molecule has 0 aliphatic rings. The summed E-state index contributed by atoms with van der Waals surface area (Å²) in [5.41, 5.74) is 7.74. The average molecular weight is 246 g/mol. The minimum absolute atomic E-state index is 0.352. The zero-order valence-corrected chi connectivity index (χ0v) is 11.0. The minimum atomic E-state index is 0.352. The highest BCUT2D eigenvalue weighted by Crippen LogP contribution is 2.25. The molecule has 0 spiro atoms. The number of hydrogen-bond donors (Lipinski definition) is 1. The highest BCUT2D eigenvalue weighted by Gasteiger charge is 2.10. The van der Waals surface area contributed by atoms with Crippen molar-refractivity contribution in [3.8, 4) is 17.1 Å². The Bertz CT molecular complexity index is 548. The van der Waals surface area contributed by atoms with Gasteiger partial charge in [0, 0.05) is 12.6 Å². The zero-order chi connectivity index (χ0) is 13.1. The monoisotopic (exact) mass is 246 g/mol. The number of hydrogen-bond acceptors (Lipinski definition) is 4. The number of aromatic nitrogens is 3. The van der Waals surface area contributed by atoms with Gasteiger partial charge in [-0.05, 0) is 30.2 Å². The lowest BCUT2D eigenvalue weighted by Crippen LogP contribution is -1.99. The van der Waals surface area contributed by atoms with Gasteiger partial charge in [-0.25, -0.2) is 9.67 Å². The van der Waals surface area contributed by atoms with E-state index in [0.717, 1.165) is 29.1 Å². The molecular formula is C13H18N4O. The minimum Gasteiger partial charge on any atom is -0.496 e. The van der Waals surface area contributed by atoms with Crippen molar-refractivity contribution in [2.75, 3.05) is 7.11 Å². The molecule has 0 bridgehead atoms. The summed E-state index contributed by atoms with van der Waals surface area (Å²) in [6, 6.07) is 6.04. The third-order valence-electron chi connectivity index (χ3n) is 2.91. The molecule has 5 heteroatoms. The average Bonchev–Trinajstić information content (AvgIpc) is 2.79. The van der Waals surface area contributed by atoms with Gasteiger partial charge in [0.05, 0.1) is 13.7 Å². The summed E-state index contributed by atoms with van der Waals surface area (Å²) < 4.78 is 7.07. The summed E-state index contributed by atoms with van der Waals surface area (Å²) in [7, 11) is 3.56. The maximum absolute atomic E-state index is 5.55. The second-order valence-electron chi connectivity index (χ2n) is 4.06. The van der Waals surface area contributed by atoms with Gasteiger partial charge >= 0.3 is 0 Å². The molecule has 0 amide bonds. The summed E-state index contributed by atoms with van der Waals surface area (Å²) in [4.78, 5) is 4.42. The van der Waals surface area contributed by atoms with Crippen molar-refractivity contribution < 1.29 is 4.74 Å². The summed E-state index contributed by atoms with van der Waals surface area (Å²) in [5.74, 6) is 2.39. The van der Waals surface area contributed by atoms with Gasteiger partial charge in [0.2, 0.25) is 0 Å². The Balaban J connectivity index is 2.47. The van der Waals surface area contributed by atoms with Gasteiger partial charge in [0.15, 0.2) is 11.6 Å². The summed E-state index contributed by atoms with van der Waals surface area (Å²) in [6.07, 6.45) is 0.915. The molecule has 0 aliphatic carbocycles. The molecule has 2 N–H and O–H groups in total. The Morgan fingerprint density at radius 2 is 2.17 bits per heavy atom. The van der Waals surface area contributed by atoms with E-state index >= 15 is 0 Å². The molecule has 0 fully saturated rings. The Hall–Kier alpha value is -1.88. The quantitative estimate of drug-likeness (QED) is 0.888. The van der Waals surface area contributed by atoms with Crippen molar-refractivity contribution >= 4 is 0 Å². The lowest BCUT2D eigenvalue weighted by molar-refractivity contribution is 0.410. The zero-order valence-electron chi connectivity index (χ0n) is 11.0. The number of nitrogens with zero attached hydrogens (tertiary/aromatic N) is 3. The van der Waals surface area contributed by atoms with Crippen LogP contribution < -0.4 is 10.5 Å². The third-order valence-corrected chi connectivity index (χ3v) is 2.91. The van der Waals surface area contributed by atoms with Gasteiger partial charge in [-0.3, -0.25) is 0 Å². The molecule has 0 unspecified atom stereocenters. The molecule has 1 aromatic heterocycles. The van der Waals surface area contributed by atoms with Crippen molar-refractivity contribution in [3.05, 3.63) is 29.6 Å². The molecular weight excluding hydrogens is 228 g/mol.